The van der Waals surface area contributed by atoms with Crippen molar-refractivity contribution in [1.29, 1.82) is 0 Å². The lowest BCUT2D eigenvalue weighted by molar-refractivity contribution is 0.0702. The Morgan fingerprint density at radius 3 is 2.80 bits per heavy atom. The third-order valence-corrected chi connectivity index (χ3v) is 3.91. The molecule has 0 aliphatic heterocycles. The van der Waals surface area contributed by atoms with Gasteiger partial charge in [0.05, 0.1) is 13.2 Å². The van der Waals surface area contributed by atoms with Gasteiger partial charge in [-0.25, -0.2) is 4.39 Å². The van der Waals surface area contributed by atoms with E-state index >= 15 is 0 Å². The predicted molar refractivity (Wildman–Crippen MR) is 109 cm³/mol. The summed E-state index contributed by atoms with van der Waals surface area (Å²) in [5.41, 5.74) is 0.789. The molecule has 142 valence electrons. The number of benzene rings is 1. The molecular formula is C18H29FIN3O2. The fourth-order valence-corrected chi connectivity index (χ4v) is 2.57. The van der Waals surface area contributed by atoms with Gasteiger partial charge in [0.1, 0.15) is 5.82 Å². The van der Waals surface area contributed by atoms with Gasteiger partial charge in [-0.05, 0) is 31.4 Å². The minimum atomic E-state index is -0.123. The lowest BCUT2D eigenvalue weighted by Crippen LogP contribution is -2.39. The molecule has 0 spiro atoms. The first-order chi connectivity index (χ1) is 11.8. The largest absolute Gasteiger partial charge is 0.382 e. The third kappa shape index (κ3) is 7.87. The Bertz CT molecular complexity index is 531. The zero-order valence-corrected chi connectivity index (χ0v) is 17.3. The van der Waals surface area contributed by atoms with Crippen LogP contribution in [0.4, 0.5) is 4.39 Å². The Balaban J connectivity index is 0.00000312. The van der Waals surface area contributed by atoms with Gasteiger partial charge in [-0.2, -0.15) is 0 Å². The van der Waals surface area contributed by atoms with Crippen molar-refractivity contribution in [3.8, 4) is 0 Å². The summed E-state index contributed by atoms with van der Waals surface area (Å²) in [6.45, 7) is 5.43. The maximum absolute atomic E-state index is 13.8. The quantitative estimate of drug-likeness (QED) is 0.242. The highest BCUT2D eigenvalue weighted by Gasteiger charge is 2.40. The maximum Gasteiger partial charge on any atom is 0.191 e. The van der Waals surface area contributed by atoms with Crippen LogP contribution in [0, 0.1) is 5.82 Å². The summed E-state index contributed by atoms with van der Waals surface area (Å²) < 4.78 is 24.2. The topological polar surface area (TPSA) is 54.9 Å². The number of methoxy groups -OCH3 is 1. The Kier molecular flexibility index (Phi) is 11.0. The average molecular weight is 465 g/mol. The molecule has 0 bridgehead atoms. The minimum Gasteiger partial charge on any atom is -0.382 e. The van der Waals surface area contributed by atoms with Crippen LogP contribution in [0.2, 0.25) is 0 Å². The van der Waals surface area contributed by atoms with Gasteiger partial charge in [0.15, 0.2) is 5.96 Å². The van der Waals surface area contributed by atoms with Gasteiger partial charge in [-0.1, -0.05) is 18.2 Å². The number of hydrogen-bond acceptors (Lipinski definition) is 3. The minimum absolute atomic E-state index is 0. The molecule has 1 aliphatic rings. The van der Waals surface area contributed by atoms with Crippen molar-refractivity contribution in [2.45, 2.75) is 31.7 Å². The average Bonchev–Trinajstić information content (AvgIpc) is 3.33. The maximum atomic E-state index is 13.8. The van der Waals surface area contributed by atoms with Crippen LogP contribution in [0.15, 0.2) is 29.3 Å². The number of aliphatic imine (C=N–C) groups is 1. The second-order valence-electron chi connectivity index (χ2n) is 5.83. The van der Waals surface area contributed by atoms with Crippen LogP contribution in [0.1, 0.15) is 31.2 Å². The molecule has 2 atom stereocenters. The lowest BCUT2D eigenvalue weighted by Gasteiger charge is -2.11. The zero-order chi connectivity index (χ0) is 17.2. The molecule has 7 heteroatoms. The van der Waals surface area contributed by atoms with E-state index in [2.05, 4.69) is 15.6 Å². The second-order valence-corrected chi connectivity index (χ2v) is 5.83. The number of rotatable bonds is 10. The molecule has 2 rings (SSSR count). The first-order valence-corrected chi connectivity index (χ1v) is 8.62. The predicted octanol–water partition coefficient (Wildman–Crippen LogP) is 2.91. The van der Waals surface area contributed by atoms with Crippen LogP contribution in [-0.2, 0) is 9.47 Å². The third-order valence-electron chi connectivity index (χ3n) is 3.91. The van der Waals surface area contributed by atoms with Crippen LogP contribution in [-0.4, -0.2) is 52.0 Å². The molecular weight excluding hydrogens is 436 g/mol. The molecule has 1 aromatic carbocycles. The van der Waals surface area contributed by atoms with Gasteiger partial charge in [0.25, 0.3) is 0 Å². The Morgan fingerprint density at radius 2 is 2.08 bits per heavy atom. The number of halogens is 2. The summed E-state index contributed by atoms with van der Waals surface area (Å²) >= 11 is 0. The van der Waals surface area contributed by atoms with Crippen LogP contribution in [0.25, 0.3) is 0 Å². The van der Waals surface area contributed by atoms with Crippen molar-refractivity contribution in [3.05, 3.63) is 35.6 Å². The first kappa shape index (κ1) is 22.1. The fourth-order valence-electron chi connectivity index (χ4n) is 2.57. The first-order valence-electron chi connectivity index (χ1n) is 8.62. The molecule has 2 unspecified atom stereocenters. The van der Waals surface area contributed by atoms with E-state index in [0.29, 0.717) is 26.4 Å². The van der Waals surface area contributed by atoms with Crippen LogP contribution in [0.3, 0.4) is 0 Å². The summed E-state index contributed by atoms with van der Waals surface area (Å²) in [5, 5.41) is 6.63. The molecule has 1 aliphatic carbocycles. The molecule has 2 N–H and O–H groups in total. The highest BCUT2D eigenvalue weighted by Crippen LogP contribution is 2.41. The summed E-state index contributed by atoms with van der Waals surface area (Å²) in [6, 6.07) is 7.25. The van der Waals surface area contributed by atoms with Crippen LogP contribution in [0.5, 0.6) is 0 Å². The Morgan fingerprint density at radius 1 is 1.28 bits per heavy atom. The van der Waals surface area contributed by atoms with E-state index in [1.54, 1.807) is 13.2 Å². The molecule has 0 amide bonds. The van der Waals surface area contributed by atoms with E-state index in [0.717, 1.165) is 30.9 Å². The van der Waals surface area contributed by atoms with Gasteiger partial charge < -0.3 is 20.1 Å². The molecule has 1 fully saturated rings. The number of nitrogens with zero attached hydrogens (tertiary/aromatic N) is 1. The molecule has 5 nitrogen and oxygen atoms in total. The number of hydrogen-bond donors (Lipinski definition) is 2. The van der Waals surface area contributed by atoms with Crippen molar-refractivity contribution in [2.24, 2.45) is 4.99 Å². The van der Waals surface area contributed by atoms with Gasteiger partial charge >= 0.3 is 0 Å². The van der Waals surface area contributed by atoms with E-state index in [1.807, 2.05) is 19.1 Å². The highest BCUT2D eigenvalue weighted by atomic mass is 127. The molecule has 0 aromatic heterocycles. The molecule has 0 saturated heterocycles. The normalized spacial score (nSPS) is 19.2. The van der Waals surface area contributed by atoms with Crippen molar-refractivity contribution in [2.75, 3.05) is 40.0 Å². The monoisotopic (exact) mass is 465 g/mol. The SMILES string of the molecule is CCNC(=NCCCOCCOC)NC1CC1c1ccccc1F.I. The smallest absolute Gasteiger partial charge is 0.191 e. The van der Waals surface area contributed by atoms with E-state index in [-0.39, 0.29) is 41.8 Å². The van der Waals surface area contributed by atoms with Crippen LogP contribution < -0.4 is 10.6 Å². The van der Waals surface area contributed by atoms with Crippen molar-refractivity contribution in [3.63, 3.8) is 0 Å². The molecule has 1 saturated carbocycles. The second kappa shape index (κ2) is 12.4. The standard InChI is InChI=1S/C18H28FN3O2.HI/c1-3-20-18(21-9-6-10-24-12-11-23-2)22-17-13-15(17)14-7-4-5-8-16(14)19;/h4-5,7-8,15,17H,3,6,9-13H2,1-2H3,(H2,20,21,22);1H. The number of ether oxygens (including phenoxy) is 2. The van der Waals surface area contributed by atoms with E-state index in [9.17, 15) is 4.39 Å². The molecule has 1 aromatic rings. The Hall–Kier alpha value is -0.930. The van der Waals surface area contributed by atoms with Gasteiger partial charge in [-0.15, -0.1) is 24.0 Å². The zero-order valence-electron chi connectivity index (χ0n) is 15.0. The van der Waals surface area contributed by atoms with Crippen LogP contribution >= 0.6 is 24.0 Å². The van der Waals surface area contributed by atoms with Crippen molar-refractivity contribution < 1.29 is 13.9 Å². The fraction of sp³-hybridized carbons (Fsp3) is 0.611. The van der Waals surface area contributed by atoms with E-state index < -0.39 is 0 Å². The summed E-state index contributed by atoms with van der Waals surface area (Å²) in [7, 11) is 1.66. The lowest BCUT2D eigenvalue weighted by atomic mass is 10.1. The summed E-state index contributed by atoms with van der Waals surface area (Å²) in [5.74, 6) is 0.896. The van der Waals surface area contributed by atoms with Gasteiger partial charge in [0.2, 0.25) is 0 Å². The van der Waals surface area contributed by atoms with Gasteiger partial charge in [-0.3, -0.25) is 4.99 Å². The molecule has 0 radical (unpaired) electrons. The number of guanidine groups is 1. The number of nitrogens with one attached hydrogen (secondary N) is 2. The van der Waals surface area contributed by atoms with E-state index in [4.69, 9.17) is 9.47 Å². The summed E-state index contributed by atoms with van der Waals surface area (Å²) in [4.78, 5) is 4.55. The highest BCUT2D eigenvalue weighted by molar-refractivity contribution is 14.0. The Labute approximate surface area is 166 Å². The summed E-state index contributed by atoms with van der Waals surface area (Å²) in [6.07, 6.45) is 1.80. The molecule has 0 heterocycles. The van der Waals surface area contributed by atoms with E-state index in [1.165, 1.54) is 6.07 Å². The molecule has 25 heavy (non-hydrogen) atoms. The van der Waals surface area contributed by atoms with Crippen molar-refractivity contribution in [1.82, 2.24) is 10.6 Å². The van der Waals surface area contributed by atoms with Gasteiger partial charge in [0, 0.05) is 38.8 Å². The van der Waals surface area contributed by atoms with Crippen molar-refractivity contribution >= 4 is 29.9 Å².